The van der Waals surface area contributed by atoms with Gasteiger partial charge in [0.05, 0.1) is 0 Å². The Kier molecular flexibility index (Phi) is 3.47. The van der Waals surface area contributed by atoms with Gasteiger partial charge in [-0.1, -0.05) is 12.0 Å². The second-order valence-electron chi connectivity index (χ2n) is 3.15. The number of thiophene rings is 2. The van der Waals surface area contributed by atoms with E-state index in [4.69, 9.17) is 16.9 Å². The van der Waals surface area contributed by atoms with Crippen molar-refractivity contribution in [1.29, 1.82) is 0 Å². The number of nitrogens with two attached hydrogens (primary N) is 1. The molecule has 2 aromatic heterocycles. The minimum Gasteiger partial charge on any atom is -0.449 e. The third kappa shape index (κ3) is 2.33. The van der Waals surface area contributed by atoms with E-state index in [0.717, 1.165) is 10.4 Å². The standard InChI is InChI=1S/C12H9NO2S2/c1-2-5-15-12(14)10-8(7-17-11(10)13)9-4-3-6-16-9/h1,3-4,6-7H,5,13H2. The Morgan fingerprint density at radius 3 is 3.00 bits per heavy atom. The maximum absolute atomic E-state index is 11.8. The van der Waals surface area contributed by atoms with Gasteiger partial charge in [0, 0.05) is 15.8 Å². The van der Waals surface area contributed by atoms with Gasteiger partial charge in [0.1, 0.15) is 10.6 Å². The van der Waals surface area contributed by atoms with E-state index in [-0.39, 0.29) is 6.61 Å². The minimum atomic E-state index is -0.468. The smallest absolute Gasteiger partial charge is 0.342 e. The van der Waals surface area contributed by atoms with E-state index in [1.54, 1.807) is 11.3 Å². The van der Waals surface area contributed by atoms with Gasteiger partial charge in [-0.3, -0.25) is 0 Å². The minimum absolute atomic E-state index is 0.0437. The van der Waals surface area contributed by atoms with Gasteiger partial charge in [-0.25, -0.2) is 4.79 Å². The van der Waals surface area contributed by atoms with Crippen LogP contribution < -0.4 is 5.73 Å². The van der Waals surface area contributed by atoms with Crippen LogP contribution in [0.25, 0.3) is 10.4 Å². The molecule has 2 rings (SSSR count). The Morgan fingerprint density at radius 2 is 2.35 bits per heavy atom. The highest BCUT2D eigenvalue weighted by Crippen LogP contribution is 2.36. The number of rotatable bonds is 3. The zero-order valence-electron chi connectivity index (χ0n) is 8.80. The van der Waals surface area contributed by atoms with Gasteiger partial charge in [0.25, 0.3) is 0 Å². The molecule has 0 aliphatic carbocycles. The summed E-state index contributed by atoms with van der Waals surface area (Å²) in [5.41, 5.74) is 7.01. The first-order chi connectivity index (χ1) is 8.24. The van der Waals surface area contributed by atoms with Crippen molar-refractivity contribution in [1.82, 2.24) is 0 Å². The molecule has 0 bridgehead atoms. The van der Waals surface area contributed by atoms with Gasteiger partial charge in [0.15, 0.2) is 6.61 Å². The van der Waals surface area contributed by atoms with Crippen molar-refractivity contribution >= 4 is 33.6 Å². The quantitative estimate of drug-likeness (QED) is 0.684. The Hall–Kier alpha value is -1.77. The number of hydrogen-bond donors (Lipinski definition) is 1. The van der Waals surface area contributed by atoms with Crippen LogP contribution in [0.4, 0.5) is 5.00 Å². The lowest BCUT2D eigenvalue weighted by Gasteiger charge is -2.03. The zero-order chi connectivity index (χ0) is 12.3. The van der Waals surface area contributed by atoms with Crippen LogP contribution >= 0.6 is 22.7 Å². The molecule has 86 valence electrons. The van der Waals surface area contributed by atoms with Crippen LogP contribution in [0.3, 0.4) is 0 Å². The predicted molar refractivity (Wildman–Crippen MR) is 71.2 cm³/mol. The van der Waals surface area contributed by atoms with Crippen molar-refractivity contribution in [3.63, 3.8) is 0 Å². The van der Waals surface area contributed by atoms with Crippen molar-refractivity contribution in [2.45, 2.75) is 0 Å². The number of ether oxygens (including phenoxy) is 1. The van der Waals surface area contributed by atoms with Gasteiger partial charge in [-0.2, -0.15) is 0 Å². The molecule has 2 heterocycles. The molecule has 0 aliphatic rings. The van der Waals surface area contributed by atoms with Gasteiger partial charge in [-0.05, 0) is 11.4 Å². The molecule has 5 heteroatoms. The second-order valence-corrected chi connectivity index (χ2v) is 5.01. The number of hydrogen-bond acceptors (Lipinski definition) is 5. The number of anilines is 1. The molecule has 0 aliphatic heterocycles. The van der Waals surface area contributed by atoms with Crippen molar-refractivity contribution < 1.29 is 9.53 Å². The summed E-state index contributed by atoms with van der Waals surface area (Å²) in [6, 6.07) is 3.86. The topological polar surface area (TPSA) is 52.3 Å². The summed E-state index contributed by atoms with van der Waals surface area (Å²) in [7, 11) is 0. The van der Waals surface area contributed by atoms with E-state index >= 15 is 0 Å². The van der Waals surface area contributed by atoms with E-state index in [1.807, 2.05) is 22.9 Å². The fourth-order valence-electron chi connectivity index (χ4n) is 1.38. The molecular weight excluding hydrogens is 254 g/mol. The monoisotopic (exact) mass is 263 g/mol. The number of carbonyl (C=O) groups excluding carboxylic acids is 1. The molecular formula is C12H9NO2S2. The molecule has 2 aromatic rings. The fourth-order valence-corrected chi connectivity index (χ4v) is 3.00. The zero-order valence-corrected chi connectivity index (χ0v) is 10.4. The molecule has 0 aromatic carbocycles. The number of carbonyl (C=O) groups is 1. The molecule has 17 heavy (non-hydrogen) atoms. The first kappa shape index (κ1) is 11.7. The van der Waals surface area contributed by atoms with E-state index in [9.17, 15) is 4.79 Å². The van der Waals surface area contributed by atoms with Crippen molar-refractivity contribution in [2.75, 3.05) is 12.3 Å². The van der Waals surface area contributed by atoms with Crippen LogP contribution in [-0.4, -0.2) is 12.6 Å². The molecule has 0 amide bonds. The maximum Gasteiger partial charge on any atom is 0.342 e. The molecule has 2 N–H and O–H groups in total. The van der Waals surface area contributed by atoms with Gasteiger partial charge in [0.2, 0.25) is 0 Å². The molecule has 0 radical (unpaired) electrons. The second kappa shape index (κ2) is 5.04. The molecule has 0 unspecified atom stereocenters. The van der Waals surface area contributed by atoms with E-state index < -0.39 is 5.97 Å². The summed E-state index contributed by atoms with van der Waals surface area (Å²) in [6.07, 6.45) is 5.05. The highest BCUT2D eigenvalue weighted by Gasteiger charge is 2.20. The predicted octanol–water partition coefficient (Wildman–Crippen LogP) is 2.85. The molecule has 3 nitrogen and oxygen atoms in total. The normalized spacial score (nSPS) is 9.82. The van der Waals surface area contributed by atoms with E-state index in [0.29, 0.717) is 10.6 Å². The lowest BCUT2D eigenvalue weighted by atomic mass is 10.1. The molecule has 0 atom stereocenters. The van der Waals surface area contributed by atoms with Gasteiger partial charge < -0.3 is 10.5 Å². The number of terminal acetylenes is 1. The first-order valence-corrected chi connectivity index (χ1v) is 6.51. The summed E-state index contributed by atoms with van der Waals surface area (Å²) >= 11 is 2.87. The largest absolute Gasteiger partial charge is 0.449 e. The summed E-state index contributed by atoms with van der Waals surface area (Å²) in [5, 5.41) is 4.25. The highest BCUT2D eigenvalue weighted by atomic mass is 32.1. The number of nitrogen functional groups attached to an aromatic ring is 1. The SMILES string of the molecule is C#CCOC(=O)c1c(-c2cccs2)csc1N. The maximum atomic E-state index is 11.8. The van der Waals surface area contributed by atoms with E-state index in [2.05, 4.69) is 5.92 Å². The van der Waals surface area contributed by atoms with Gasteiger partial charge in [-0.15, -0.1) is 29.1 Å². The average Bonchev–Trinajstić information content (AvgIpc) is 2.94. The lowest BCUT2D eigenvalue weighted by molar-refractivity contribution is 0.0559. The summed E-state index contributed by atoms with van der Waals surface area (Å²) in [6.45, 7) is -0.0437. The number of esters is 1. The summed E-state index contributed by atoms with van der Waals surface area (Å²) < 4.78 is 4.91. The van der Waals surface area contributed by atoms with Crippen LogP contribution in [0.5, 0.6) is 0 Å². The van der Waals surface area contributed by atoms with Crippen molar-refractivity contribution in [2.24, 2.45) is 0 Å². The summed E-state index contributed by atoms with van der Waals surface area (Å²) in [5.74, 6) is 1.79. The molecule has 0 saturated carbocycles. The Balaban J connectivity index is 2.37. The first-order valence-electron chi connectivity index (χ1n) is 4.75. The van der Waals surface area contributed by atoms with Crippen LogP contribution in [0.15, 0.2) is 22.9 Å². The molecule has 0 spiro atoms. The molecule has 0 saturated heterocycles. The fraction of sp³-hybridized carbons (Fsp3) is 0.0833. The summed E-state index contributed by atoms with van der Waals surface area (Å²) in [4.78, 5) is 12.8. The molecule has 0 fully saturated rings. The van der Waals surface area contributed by atoms with Crippen molar-refractivity contribution in [3.05, 3.63) is 28.5 Å². The van der Waals surface area contributed by atoms with Crippen molar-refractivity contribution in [3.8, 4) is 22.8 Å². The van der Waals surface area contributed by atoms with Crippen LogP contribution in [0, 0.1) is 12.3 Å². The van der Waals surface area contributed by atoms with Crippen LogP contribution in [0.2, 0.25) is 0 Å². The van der Waals surface area contributed by atoms with E-state index in [1.165, 1.54) is 11.3 Å². The van der Waals surface area contributed by atoms with Crippen LogP contribution in [0.1, 0.15) is 10.4 Å². The Bertz CT molecular complexity index is 564. The average molecular weight is 263 g/mol. The lowest BCUT2D eigenvalue weighted by Crippen LogP contribution is -2.07. The van der Waals surface area contributed by atoms with Gasteiger partial charge >= 0.3 is 5.97 Å². The Labute approximate surface area is 107 Å². The highest BCUT2D eigenvalue weighted by molar-refractivity contribution is 7.16. The van der Waals surface area contributed by atoms with Crippen LogP contribution in [-0.2, 0) is 4.74 Å². The third-order valence-corrected chi connectivity index (χ3v) is 3.81. The Morgan fingerprint density at radius 1 is 1.53 bits per heavy atom. The third-order valence-electron chi connectivity index (χ3n) is 2.10.